The van der Waals surface area contributed by atoms with E-state index in [-0.39, 0.29) is 17.2 Å². The van der Waals surface area contributed by atoms with Crippen LogP contribution in [0.1, 0.15) is 34.6 Å². The third-order valence-electron chi connectivity index (χ3n) is 5.10. The number of carbonyl (C=O) groups is 4. The van der Waals surface area contributed by atoms with E-state index in [9.17, 15) is 19.2 Å². The first-order valence-electron chi connectivity index (χ1n) is 10.5. The Hall–Kier alpha value is -3.76. The van der Waals surface area contributed by atoms with Crippen molar-refractivity contribution in [3.63, 3.8) is 0 Å². The van der Waals surface area contributed by atoms with Gasteiger partial charge in [-0.1, -0.05) is 60.1 Å². The minimum absolute atomic E-state index is 0.0333. The quantitative estimate of drug-likeness (QED) is 0.328. The van der Waals surface area contributed by atoms with E-state index in [0.717, 1.165) is 21.8 Å². The van der Waals surface area contributed by atoms with Gasteiger partial charge >= 0.3 is 12.0 Å². The minimum atomic E-state index is -1.20. The standard InChI is InChI=1S/C24H23ClN4O5S/c1-15(17-10-6-7-11-18(17)25)26-24(33)29(14-30)20(12-16-8-4-3-5-9-16)21(31)28-23-27-19(13-35-23)22(32)34-2/h3-11,13-15,20H,12H2,1-2H3,(H,26,33)(H,27,28,31)/t15?,20-/m0/s1. The number of urea groups is 1. The van der Waals surface area contributed by atoms with E-state index < -0.39 is 30.0 Å². The third-order valence-corrected chi connectivity index (χ3v) is 6.20. The highest BCUT2D eigenvalue weighted by Gasteiger charge is 2.32. The number of halogens is 1. The Morgan fingerprint density at radius 1 is 1.14 bits per heavy atom. The molecule has 3 rings (SSSR count). The van der Waals surface area contributed by atoms with Crippen LogP contribution in [0.25, 0.3) is 0 Å². The van der Waals surface area contributed by atoms with Gasteiger partial charge in [0, 0.05) is 16.8 Å². The van der Waals surface area contributed by atoms with Gasteiger partial charge in [0.05, 0.1) is 13.2 Å². The molecule has 0 aliphatic rings. The highest BCUT2D eigenvalue weighted by molar-refractivity contribution is 7.14. The van der Waals surface area contributed by atoms with Crippen molar-refractivity contribution in [3.05, 3.63) is 81.8 Å². The smallest absolute Gasteiger partial charge is 0.357 e. The van der Waals surface area contributed by atoms with Crippen molar-refractivity contribution in [2.75, 3.05) is 12.4 Å². The summed E-state index contributed by atoms with van der Waals surface area (Å²) in [6, 6.07) is 13.5. The first-order chi connectivity index (χ1) is 16.8. The van der Waals surface area contributed by atoms with Gasteiger partial charge in [-0.25, -0.2) is 14.6 Å². The number of amides is 4. The van der Waals surface area contributed by atoms with Gasteiger partial charge in [-0.15, -0.1) is 11.3 Å². The maximum Gasteiger partial charge on any atom is 0.357 e. The fourth-order valence-corrected chi connectivity index (χ4v) is 4.28. The summed E-state index contributed by atoms with van der Waals surface area (Å²) in [5.41, 5.74) is 1.43. The zero-order chi connectivity index (χ0) is 25.4. The largest absolute Gasteiger partial charge is 0.464 e. The summed E-state index contributed by atoms with van der Waals surface area (Å²) in [6.45, 7) is 1.72. The molecule has 0 saturated carbocycles. The number of carbonyl (C=O) groups excluding carboxylic acids is 4. The molecule has 0 aliphatic carbocycles. The number of hydrogen-bond acceptors (Lipinski definition) is 7. The fourth-order valence-electron chi connectivity index (χ4n) is 3.30. The summed E-state index contributed by atoms with van der Waals surface area (Å²) in [6.07, 6.45) is 0.373. The molecule has 0 saturated heterocycles. The summed E-state index contributed by atoms with van der Waals surface area (Å²) in [7, 11) is 1.22. The second-order valence-electron chi connectivity index (χ2n) is 7.43. The zero-order valence-electron chi connectivity index (χ0n) is 18.9. The van der Waals surface area contributed by atoms with Gasteiger partial charge in [0.1, 0.15) is 6.04 Å². The van der Waals surface area contributed by atoms with Crippen LogP contribution in [0.3, 0.4) is 0 Å². The Morgan fingerprint density at radius 3 is 2.49 bits per heavy atom. The number of methoxy groups -OCH3 is 1. The van der Waals surface area contributed by atoms with Gasteiger partial charge in [-0.3, -0.25) is 14.5 Å². The van der Waals surface area contributed by atoms with Gasteiger partial charge in [0.25, 0.3) is 0 Å². The predicted molar refractivity (Wildman–Crippen MR) is 132 cm³/mol. The number of hydrogen-bond donors (Lipinski definition) is 2. The Morgan fingerprint density at radius 2 is 1.83 bits per heavy atom. The molecule has 1 aromatic heterocycles. The summed E-state index contributed by atoms with van der Waals surface area (Å²) in [5.74, 6) is -1.29. The van der Waals surface area contributed by atoms with Crippen LogP contribution in [0.15, 0.2) is 60.0 Å². The van der Waals surface area contributed by atoms with Crippen molar-refractivity contribution >= 4 is 52.4 Å². The summed E-state index contributed by atoms with van der Waals surface area (Å²) < 4.78 is 4.63. The molecule has 2 N–H and O–H groups in total. The van der Waals surface area contributed by atoms with Gasteiger partial charge in [-0.05, 0) is 24.1 Å². The normalized spacial score (nSPS) is 12.2. The van der Waals surface area contributed by atoms with Crippen molar-refractivity contribution in [1.29, 1.82) is 0 Å². The van der Waals surface area contributed by atoms with Crippen molar-refractivity contribution in [1.82, 2.24) is 15.2 Å². The minimum Gasteiger partial charge on any atom is -0.464 e. The van der Waals surface area contributed by atoms with Crippen LogP contribution >= 0.6 is 22.9 Å². The number of esters is 1. The van der Waals surface area contributed by atoms with Gasteiger partial charge in [-0.2, -0.15) is 0 Å². The lowest BCUT2D eigenvalue weighted by atomic mass is 10.0. The highest BCUT2D eigenvalue weighted by Crippen LogP contribution is 2.23. The molecule has 0 radical (unpaired) electrons. The molecule has 2 atom stereocenters. The second kappa shape index (κ2) is 12.1. The molecule has 11 heteroatoms. The number of rotatable bonds is 9. The van der Waals surface area contributed by atoms with E-state index in [4.69, 9.17) is 11.6 Å². The Kier molecular flexibility index (Phi) is 8.93. The monoisotopic (exact) mass is 514 g/mol. The molecule has 0 spiro atoms. The lowest BCUT2D eigenvalue weighted by molar-refractivity contribution is -0.127. The molecule has 0 fully saturated rings. The van der Waals surface area contributed by atoms with Crippen molar-refractivity contribution < 1.29 is 23.9 Å². The van der Waals surface area contributed by atoms with Crippen LogP contribution in [0, 0.1) is 0 Å². The van der Waals surface area contributed by atoms with E-state index in [2.05, 4.69) is 20.4 Å². The predicted octanol–water partition coefficient (Wildman–Crippen LogP) is 4.06. The van der Waals surface area contributed by atoms with Crippen molar-refractivity contribution in [3.8, 4) is 0 Å². The number of imide groups is 1. The Bertz CT molecular complexity index is 1200. The summed E-state index contributed by atoms with van der Waals surface area (Å²) in [4.78, 5) is 54.8. The summed E-state index contributed by atoms with van der Waals surface area (Å²) in [5, 5.41) is 7.32. The number of ether oxygens (including phenoxy) is 1. The fraction of sp³-hybridized carbons (Fsp3) is 0.208. The molecular weight excluding hydrogens is 492 g/mol. The molecule has 2 aromatic carbocycles. The van der Waals surface area contributed by atoms with Crippen molar-refractivity contribution in [2.45, 2.75) is 25.4 Å². The zero-order valence-corrected chi connectivity index (χ0v) is 20.5. The average molecular weight is 515 g/mol. The number of anilines is 1. The van der Waals surface area contributed by atoms with Crippen LogP contribution in [-0.4, -0.2) is 47.4 Å². The molecule has 3 aromatic rings. The van der Waals surface area contributed by atoms with E-state index in [1.54, 1.807) is 55.5 Å². The van der Waals surface area contributed by atoms with Crippen molar-refractivity contribution in [2.24, 2.45) is 0 Å². The Labute approximate surface area is 211 Å². The second-order valence-corrected chi connectivity index (χ2v) is 8.69. The number of thiazole rings is 1. The lowest BCUT2D eigenvalue weighted by Gasteiger charge is -2.27. The van der Waals surface area contributed by atoms with Crippen LogP contribution in [0.2, 0.25) is 5.02 Å². The maximum atomic E-state index is 13.2. The summed E-state index contributed by atoms with van der Waals surface area (Å²) >= 11 is 7.24. The SMILES string of the molecule is COC(=O)c1csc(NC(=O)[C@H](Cc2ccccc2)N(C=O)C(=O)NC(C)c2ccccc2Cl)n1. The first-order valence-corrected chi connectivity index (χ1v) is 11.8. The van der Waals surface area contributed by atoms with E-state index in [1.807, 2.05) is 6.07 Å². The number of nitrogens with one attached hydrogen (secondary N) is 2. The van der Waals surface area contributed by atoms with E-state index in [1.165, 1.54) is 12.5 Å². The van der Waals surface area contributed by atoms with Gasteiger partial charge in [0.2, 0.25) is 12.3 Å². The van der Waals surface area contributed by atoms with E-state index in [0.29, 0.717) is 17.0 Å². The first kappa shape index (κ1) is 25.9. The third kappa shape index (κ3) is 6.65. The molecule has 0 bridgehead atoms. The van der Waals surface area contributed by atoms with Crippen LogP contribution in [-0.2, 0) is 20.7 Å². The lowest BCUT2D eigenvalue weighted by Crippen LogP contribution is -2.52. The molecule has 1 unspecified atom stereocenters. The molecule has 182 valence electrons. The number of nitrogens with zero attached hydrogens (tertiary/aromatic N) is 2. The van der Waals surface area contributed by atoms with Gasteiger partial charge < -0.3 is 15.4 Å². The molecule has 4 amide bonds. The van der Waals surface area contributed by atoms with E-state index >= 15 is 0 Å². The van der Waals surface area contributed by atoms with Crippen LogP contribution < -0.4 is 10.6 Å². The topological polar surface area (TPSA) is 118 Å². The average Bonchev–Trinajstić information content (AvgIpc) is 3.32. The van der Waals surface area contributed by atoms with Crippen LogP contribution in [0.4, 0.5) is 9.93 Å². The van der Waals surface area contributed by atoms with Gasteiger partial charge in [0.15, 0.2) is 10.8 Å². The molecule has 35 heavy (non-hydrogen) atoms. The molecule has 0 aliphatic heterocycles. The van der Waals surface area contributed by atoms with Crippen LogP contribution in [0.5, 0.6) is 0 Å². The molecule has 9 nitrogen and oxygen atoms in total. The number of benzene rings is 2. The number of aromatic nitrogens is 1. The maximum absolute atomic E-state index is 13.2. The molecular formula is C24H23ClN4O5S. The molecule has 1 heterocycles. The Balaban J connectivity index is 1.83. The highest BCUT2D eigenvalue weighted by atomic mass is 35.5.